The normalized spacial score (nSPS) is 11.6. The Bertz CT molecular complexity index is 1030. The number of nitrogens with one attached hydrogen (secondary N) is 1. The van der Waals surface area contributed by atoms with Crippen LogP contribution in [-0.2, 0) is 7.05 Å². The highest BCUT2D eigenvalue weighted by molar-refractivity contribution is 6.32. The van der Waals surface area contributed by atoms with E-state index in [-0.39, 0.29) is 5.91 Å². The second kappa shape index (κ2) is 10.2. The number of amides is 1. The van der Waals surface area contributed by atoms with Gasteiger partial charge in [0.25, 0.3) is 5.91 Å². The maximum absolute atomic E-state index is 13.2. The van der Waals surface area contributed by atoms with Crippen molar-refractivity contribution in [1.82, 2.24) is 14.9 Å². The smallest absolute Gasteiger partial charge is 0.252 e. The van der Waals surface area contributed by atoms with E-state index >= 15 is 0 Å². The van der Waals surface area contributed by atoms with Crippen LogP contribution in [-0.4, -0.2) is 36.3 Å². The van der Waals surface area contributed by atoms with Gasteiger partial charge in [-0.1, -0.05) is 30.7 Å². The van der Waals surface area contributed by atoms with Crippen LogP contribution in [0.1, 0.15) is 41.1 Å². The molecular weight excluding hydrogens is 418 g/mol. The topological polar surface area (TPSA) is 74.6 Å². The summed E-state index contributed by atoms with van der Waals surface area (Å²) in [6, 6.07) is 10.2. The highest BCUT2D eigenvalue weighted by atomic mass is 35.5. The van der Waals surface area contributed by atoms with Crippen molar-refractivity contribution in [3.63, 3.8) is 0 Å². The third-order valence-electron chi connectivity index (χ3n) is 4.78. The molecule has 0 radical (unpaired) electrons. The lowest BCUT2D eigenvalue weighted by Gasteiger charge is -2.20. The SMILES string of the molecule is CCCOc1c(Cl)cc(C(=O)NC(c2ccc(OC)cc2)c2nccn2C)cc1OC. The Morgan fingerprint density at radius 3 is 2.52 bits per heavy atom. The summed E-state index contributed by atoms with van der Waals surface area (Å²) in [5, 5.41) is 3.37. The number of carbonyl (C=O) groups is 1. The summed E-state index contributed by atoms with van der Waals surface area (Å²) in [5.41, 5.74) is 1.22. The molecule has 0 aliphatic heterocycles. The van der Waals surface area contributed by atoms with Gasteiger partial charge in [0, 0.05) is 25.0 Å². The standard InChI is InChI=1S/C23H26ClN3O4/c1-5-12-31-21-18(24)13-16(14-19(21)30-4)23(28)26-20(22-25-10-11-27(22)2)15-6-8-17(29-3)9-7-15/h6-11,13-14,20H,5,12H2,1-4H3,(H,26,28). The van der Waals surface area contributed by atoms with Gasteiger partial charge in [0.2, 0.25) is 0 Å². The van der Waals surface area contributed by atoms with Crippen LogP contribution in [0.4, 0.5) is 0 Å². The summed E-state index contributed by atoms with van der Waals surface area (Å²) in [5.74, 6) is 1.95. The minimum absolute atomic E-state index is 0.314. The van der Waals surface area contributed by atoms with E-state index in [0.29, 0.717) is 34.5 Å². The first kappa shape index (κ1) is 22.5. The summed E-state index contributed by atoms with van der Waals surface area (Å²) in [6.07, 6.45) is 4.35. The lowest BCUT2D eigenvalue weighted by atomic mass is 10.0. The number of halogens is 1. The molecule has 0 fully saturated rings. The molecule has 0 bridgehead atoms. The van der Waals surface area contributed by atoms with E-state index in [0.717, 1.165) is 17.7 Å². The van der Waals surface area contributed by atoms with Gasteiger partial charge in [0.15, 0.2) is 11.5 Å². The highest BCUT2D eigenvalue weighted by Crippen LogP contribution is 2.37. The predicted octanol–water partition coefficient (Wildman–Crippen LogP) is 4.40. The van der Waals surface area contributed by atoms with Crippen LogP contribution in [0.25, 0.3) is 0 Å². The van der Waals surface area contributed by atoms with Gasteiger partial charge >= 0.3 is 0 Å². The van der Waals surface area contributed by atoms with Crippen LogP contribution in [0, 0.1) is 0 Å². The number of carbonyl (C=O) groups excluding carboxylic acids is 1. The number of benzene rings is 2. The maximum Gasteiger partial charge on any atom is 0.252 e. The second-order valence-electron chi connectivity index (χ2n) is 6.91. The monoisotopic (exact) mass is 443 g/mol. The summed E-state index contributed by atoms with van der Waals surface area (Å²) in [6.45, 7) is 2.50. The highest BCUT2D eigenvalue weighted by Gasteiger charge is 2.23. The van der Waals surface area contributed by atoms with Crippen molar-refractivity contribution in [2.45, 2.75) is 19.4 Å². The molecule has 3 rings (SSSR count). The van der Waals surface area contributed by atoms with Crippen molar-refractivity contribution in [2.24, 2.45) is 7.05 Å². The molecule has 3 aromatic rings. The van der Waals surface area contributed by atoms with E-state index < -0.39 is 6.04 Å². The summed E-state index contributed by atoms with van der Waals surface area (Å²) < 4.78 is 18.2. The summed E-state index contributed by atoms with van der Waals surface area (Å²) in [4.78, 5) is 17.6. The average molecular weight is 444 g/mol. The fourth-order valence-electron chi connectivity index (χ4n) is 3.16. The lowest BCUT2D eigenvalue weighted by Crippen LogP contribution is -2.31. The average Bonchev–Trinajstić information content (AvgIpc) is 3.21. The quantitative estimate of drug-likeness (QED) is 0.530. The molecule has 0 aliphatic rings. The number of methoxy groups -OCH3 is 2. The van der Waals surface area contributed by atoms with Gasteiger partial charge in [-0.25, -0.2) is 4.98 Å². The molecule has 7 nitrogen and oxygen atoms in total. The third kappa shape index (κ3) is 5.11. The Hall–Kier alpha value is -3.19. The van der Waals surface area contributed by atoms with Crippen LogP contribution in [0.2, 0.25) is 5.02 Å². The lowest BCUT2D eigenvalue weighted by molar-refractivity contribution is 0.0940. The van der Waals surface area contributed by atoms with E-state index in [4.69, 9.17) is 25.8 Å². The number of hydrogen-bond donors (Lipinski definition) is 1. The minimum Gasteiger partial charge on any atom is -0.497 e. The molecule has 31 heavy (non-hydrogen) atoms. The Labute approximate surface area is 186 Å². The molecule has 0 aliphatic carbocycles. The number of hydrogen-bond acceptors (Lipinski definition) is 5. The van der Waals surface area contributed by atoms with Crippen LogP contribution in [0.15, 0.2) is 48.8 Å². The van der Waals surface area contributed by atoms with Crippen molar-refractivity contribution >= 4 is 17.5 Å². The van der Waals surface area contributed by atoms with E-state index in [1.807, 2.05) is 49.0 Å². The molecule has 2 aromatic carbocycles. The number of aryl methyl sites for hydroxylation is 1. The number of nitrogens with zero attached hydrogens (tertiary/aromatic N) is 2. The Balaban J connectivity index is 1.93. The van der Waals surface area contributed by atoms with E-state index in [1.54, 1.807) is 25.4 Å². The van der Waals surface area contributed by atoms with Crippen molar-refractivity contribution in [2.75, 3.05) is 20.8 Å². The zero-order chi connectivity index (χ0) is 22.4. The van der Waals surface area contributed by atoms with Gasteiger partial charge < -0.3 is 24.1 Å². The first-order chi connectivity index (χ1) is 15.0. The summed E-state index contributed by atoms with van der Waals surface area (Å²) >= 11 is 6.39. The number of ether oxygens (including phenoxy) is 3. The molecule has 1 amide bonds. The van der Waals surface area contributed by atoms with Crippen LogP contribution < -0.4 is 19.5 Å². The number of rotatable bonds is 9. The van der Waals surface area contributed by atoms with Gasteiger partial charge in [0.05, 0.1) is 25.8 Å². The number of imidazole rings is 1. The first-order valence-electron chi connectivity index (χ1n) is 9.90. The Morgan fingerprint density at radius 1 is 1.19 bits per heavy atom. The van der Waals surface area contributed by atoms with Crippen molar-refractivity contribution < 1.29 is 19.0 Å². The molecule has 0 saturated heterocycles. The molecular formula is C23H26ClN3O4. The van der Waals surface area contributed by atoms with Gasteiger partial charge in [0.1, 0.15) is 17.6 Å². The van der Waals surface area contributed by atoms with Crippen molar-refractivity contribution in [3.8, 4) is 17.2 Å². The fraction of sp³-hybridized carbons (Fsp3) is 0.304. The van der Waals surface area contributed by atoms with Gasteiger partial charge in [-0.15, -0.1) is 0 Å². The van der Waals surface area contributed by atoms with Crippen LogP contribution >= 0.6 is 11.6 Å². The fourth-order valence-corrected chi connectivity index (χ4v) is 3.42. The Morgan fingerprint density at radius 2 is 1.94 bits per heavy atom. The molecule has 1 aromatic heterocycles. The van der Waals surface area contributed by atoms with E-state index in [9.17, 15) is 4.79 Å². The van der Waals surface area contributed by atoms with E-state index in [2.05, 4.69) is 10.3 Å². The molecule has 8 heteroatoms. The third-order valence-corrected chi connectivity index (χ3v) is 5.06. The second-order valence-corrected chi connectivity index (χ2v) is 7.32. The van der Waals surface area contributed by atoms with Crippen molar-refractivity contribution in [1.29, 1.82) is 0 Å². The van der Waals surface area contributed by atoms with Gasteiger partial charge in [-0.2, -0.15) is 0 Å². The van der Waals surface area contributed by atoms with Crippen LogP contribution in [0.5, 0.6) is 17.2 Å². The molecule has 1 unspecified atom stereocenters. The predicted molar refractivity (Wildman–Crippen MR) is 119 cm³/mol. The molecule has 1 heterocycles. The zero-order valence-electron chi connectivity index (χ0n) is 18.0. The molecule has 164 valence electrons. The molecule has 1 N–H and O–H groups in total. The van der Waals surface area contributed by atoms with Crippen molar-refractivity contribution in [3.05, 3.63) is 70.8 Å². The maximum atomic E-state index is 13.2. The molecule has 0 spiro atoms. The van der Waals surface area contributed by atoms with Crippen LogP contribution in [0.3, 0.4) is 0 Å². The summed E-state index contributed by atoms with van der Waals surface area (Å²) in [7, 11) is 5.00. The van der Waals surface area contributed by atoms with Gasteiger partial charge in [-0.05, 0) is 36.2 Å². The van der Waals surface area contributed by atoms with Gasteiger partial charge in [-0.3, -0.25) is 4.79 Å². The number of aromatic nitrogens is 2. The minimum atomic E-state index is -0.473. The zero-order valence-corrected chi connectivity index (χ0v) is 18.8. The van der Waals surface area contributed by atoms with E-state index in [1.165, 1.54) is 7.11 Å². The largest absolute Gasteiger partial charge is 0.497 e. The molecule has 1 atom stereocenters. The Kier molecular flexibility index (Phi) is 7.41. The first-order valence-corrected chi connectivity index (χ1v) is 10.3. The molecule has 0 saturated carbocycles.